The van der Waals surface area contributed by atoms with Crippen LogP contribution in [0, 0.1) is 0 Å². The van der Waals surface area contributed by atoms with Gasteiger partial charge >= 0.3 is 51.4 Å². The van der Waals surface area contributed by atoms with Gasteiger partial charge in [0, 0.05) is 0 Å². The molecule has 0 aromatic heterocycles. The topological polar surface area (TPSA) is 12.0 Å². The van der Waals surface area contributed by atoms with Crippen molar-refractivity contribution in [2.45, 2.75) is 77.8 Å². The van der Waals surface area contributed by atoms with E-state index < -0.39 is 16.5 Å². The van der Waals surface area contributed by atoms with Gasteiger partial charge in [0.1, 0.15) is 16.5 Å². The van der Waals surface area contributed by atoms with Crippen molar-refractivity contribution in [2.24, 2.45) is 0 Å². The minimum absolute atomic E-state index is 0. The van der Waals surface area contributed by atoms with E-state index >= 15 is 0 Å². The summed E-state index contributed by atoms with van der Waals surface area (Å²) in [6, 6.07) is 8.47. The Morgan fingerprint density at radius 3 is 0.875 bits per heavy atom. The zero-order valence-corrected chi connectivity index (χ0v) is 13.7. The normalized spacial score (nSPS) is 12.4. The van der Waals surface area contributed by atoms with E-state index in [1.165, 1.54) is 36.3 Å². The van der Waals surface area contributed by atoms with Crippen LogP contribution in [0.5, 0.6) is 0 Å². The second kappa shape index (κ2) is 9.89. The average Bonchev–Trinajstić information content (AvgIpc) is 2.33. The third-order valence-corrected chi connectivity index (χ3v) is 17.0. The first-order valence-electron chi connectivity index (χ1n) is 6.86. The van der Waals surface area contributed by atoms with E-state index in [-0.39, 0.29) is 51.4 Å². The van der Waals surface area contributed by atoms with E-state index in [0.29, 0.717) is 0 Å². The molecule has 0 aliphatic heterocycles. The van der Waals surface area contributed by atoms with Crippen LogP contribution in [0.4, 0.5) is 0 Å². The van der Waals surface area contributed by atoms with E-state index in [1.54, 1.807) is 0 Å². The van der Waals surface area contributed by atoms with Crippen LogP contribution in [0.3, 0.4) is 0 Å². The zero-order valence-electron chi connectivity index (χ0n) is 11.7. The standard InChI is InChI=1S/C12H31NSi2.K.H/c1-7-14(8-2,9-3)13-15(10-4,11-5)12-6;;/h13H,7-12H2,1-6H3;;. The number of rotatable bonds is 8. The zero-order chi connectivity index (χ0) is 11.9. The van der Waals surface area contributed by atoms with Crippen LogP contribution < -0.4 is 4.65 Å². The van der Waals surface area contributed by atoms with Crippen LogP contribution in [-0.4, -0.2) is 67.9 Å². The van der Waals surface area contributed by atoms with E-state index in [9.17, 15) is 0 Å². The second-order valence-electron chi connectivity index (χ2n) is 4.81. The SMILES string of the molecule is CC[Si](CC)(CC)N[Si](CC)(CC)CC.[KH]. The Kier molecular flexibility index (Phi) is 12.6. The molecule has 16 heavy (non-hydrogen) atoms. The summed E-state index contributed by atoms with van der Waals surface area (Å²) in [6.45, 7) is 14.4. The Balaban J connectivity index is 0. The molecule has 0 aromatic rings. The van der Waals surface area contributed by atoms with Crippen molar-refractivity contribution in [1.29, 1.82) is 0 Å². The summed E-state index contributed by atoms with van der Waals surface area (Å²) in [4.78, 5) is 0. The average molecular weight is 286 g/mol. The first kappa shape index (κ1) is 20.3. The molecular formula is C12H32KNSi2. The Bertz CT molecular complexity index is 134. The number of hydrogen-bond donors (Lipinski definition) is 1. The molecule has 0 aromatic carbocycles. The molecule has 0 aliphatic rings. The van der Waals surface area contributed by atoms with Crippen LogP contribution in [-0.2, 0) is 0 Å². The van der Waals surface area contributed by atoms with Crippen molar-refractivity contribution in [1.82, 2.24) is 4.65 Å². The summed E-state index contributed by atoms with van der Waals surface area (Å²) in [5.41, 5.74) is 0. The fourth-order valence-corrected chi connectivity index (χ4v) is 14.3. The van der Waals surface area contributed by atoms with Gasteiger partial charge in [-0.2, -0.15) is 0 Å². The van der Waals surface area contributed by atoms with E-state index in [0.717, 1.165) is 0 Å². The van der Waals surface area contributed by atoms with Gasteiger partial charge < -0.3 is 4.65 Å². The van der Waals surface area contributed by atoms with Gasteiger partial charge in [0.15, 0.2) is 0 Å². The molecular weight excluding hydrogens is 253 g/mol. The molecule has 0 atom stereocenters. The Labute approximate surface area is 148 Å². The molecule has 4 heteroatoms. The van der Waals surface area contributed by atoms with Crippen LogP contribution >= 0.6 is 0 Å². The molecule has 0 unspecified atom stereocenters. The maximum absolute atomic E-state index is 4.26. The van der Waals surface area contributed by atoms with Crippen molar-refractivity contribution in [3.8, 4) is 0 Å². The summed E-state index contributed by atoms with van der Waals surface area (Å²) in [5, 5.41) is 0. The second-order valence-corrected chi connectivity index (χ2v) is 15.2. The van der Waals surface area contributed by atoms with Crippen molar-refractivity contribution in [3.63, 3.8) is 0 Å². The Morgan fingerprint density at radius 1 is 0.562 bits per heavy atom. The number of hydrogen-bond acceptors (Lipinski definition) is 1. The van der Waals surface area contributed by atoms with E-state index in [1.807, 2.05) is 0 Å². The predicted molar refractivity (Wildman–Crippen MR) is 84.7 cm³/mol. The van der Waals surface area contributed by atoms with E-state index in [4.69, 9.17) is 0 Å². The minimum atomic E-state index is -1.10. The van der Waals surface area contributed by atoms with Gasteiger partial charge in [0.2, 0.25) is 0 Å². The molecule has 0 rings (SSSR count). The molecule has 0 amide bonds. The molecule has 1 N–H and O–H groups in total. The quantitative estimate of drug-likeness (QED) is 0.666. The summed E-state index contributed by atoms with van der Waals surface area (Å²) < 4.78 is 4.26. The molecule has 0 spiro atoms. The fourth-order valence-electron chi connectivity index (χ4n) is 2.59. The number of nitrogens with one attached hydrogen (secondary N) is 1. The van der Waals surface area contributed by atoms with E-state index in [2.05, 4.69) is 46.2 Å². The molecule has 0 fully saturated rings. The van der Waals surface area contributed by atoms with Gasteiger partial charge in [-0.1, -0.05) is 41.5 Å². The molecule has 0 heterocycles. The van der Waals surface area contributed by atoms with Crippen LogP contribution in [0.25, 0.3) is 0 Å². The fraction of sp³-hybridized carbons (Fsp3) is 1.00. The van der Waals surface area contributed by atoms with Crippen LogP contribution in [0.15, 0.2) is 0 Å². The summed E-state index contributed by atoms with van der Waals surface area (Å²) in [5.74, 6) is 0. The van der Waals surface area contributed by atoms with Gasteiger partial charge in [-0.3, -0.25) is 0 Å². The van der Waals surface area contributed by atoms with Gasteiger partial charge in [0.25, 0.3) is 0 Å². The predicted octanol–water partition coefficient (Wildman–Crippen LogP) is 3.94. The van der Waals surface area contributed by atoms with Crippen LogP contribution in [0.1, 0.15) is 41.5 Å². The molecule has 0 radical (unpaired) electrons. The van der Waals surface area contributed by atoms with Crippen molar-refractivity contribution >= 4 is 67.9 Å². The van der Waals surface area contributed by atoms with Crippen molar-refractivity contribution in [2.75, 3.05) is 0 Å². The summed E-state index contributed by atoms with van der Waals surface area (Å²) >= 11 is 0. The molecule has 0 saturated carbocycles. The first-order chi connectivity index (χ1) is 7.07. The maximum atomic E-state index is 4.26. The summed E-state index contributed by atoms with van der Waals surface area (Å²) in [7, 11) is -2.21. The van der Waals surface area contributed by atoms with Gasteiger partial charge in [-0.15, -0.1) is 0 Å². The van der Waals surface area contributed by atoms with Gasteiger partial charge in [0.05, 0.1) is 0 Å². The third kappa shape index (κ3) is 5.34. The van der Waals surface area contributed by atoms with Crippen molar-refractivity contribution in [3.05, 3.63) is 0 Å². The summed E-state index contributed by atoms with van der Waals surface area (Å²) in [6.07, 6.45) is 0. The first-order valence-corrected chi connectivity index (χ1v) is 12.1. The Hall–Kier alpha value is 2.03. The molecule has 0 saturated heterocycles. The third-order valence-electron chi connectivity index (χ3n) is 4.59. The van der Waals surface area contributed by atoms with Crippen molar-refractivity contribution < 1.29 is 0 Å². The van der Waals surface area contributed by atoms with Gasteiger partial charge in [-0.25, -0.2) is 0 Å². The van der Waals surface area contributed by atoms with Gasteiger partial charge in [-0.05, 0) is 36.3 Å². The molecule has 0 aliphatic carbocycles. The Morgan fingerprint density at radius 2 is 0.750 bits per heavy atom. The van der Waals surface area contributed by atoms with Crippen LogP contribution in [0.2, 0.25) is 36.3 Å². The monoisotopic (exact) mass is 285 g/mol. The molecule has 0 bridgehead atoms. The molecule has 94 valence electrons. The molecule has 1 nitrogen and oxygen atoms in total.